The highest BCUT2D eigenvalue weighted by Gasteiger charge is 2.01. The summed E-state index contributed by atoms with van der Waals surface area (Å²) >= 11 is 1.80. The first-order valence-electron chi connectivity index (χ1n) is 5.32. The normalized spacial score (nSPS) is 10.9. The van der Waals surface area contributed by atoms with Crippen LogP contribution in [0.2, 0.25) is 0 Å². The SMILES string of the molecule is CCN(CC)CCSc1ccncc1N. The maximum absolute atomic E-state index is 5.81. The molecule has 0 unspecified atom stereocenters. The molecule has 0 aromatic carbocycles. The number of thioether (sulfide) groups is 1. The molecule has 0 aliphatic carbocycles. The quantitative estimate of drug-likeness (QED) is 0.753. The summed E-state index contributed by atoms with van der Waals surface area (Å²) in [6.45, 7) is 7.72. The summed E-state index contributed by atoms with van der Waals surface area (Å²) in [5.41, 5.74) is 6.59. The van der Waals surface area contributed by atoms with Crippen molar-refractivity contribution in [1.29, 1.82) is 0 Å². The van der Waals surface area contributed by atoms with Gasteiger partial charge in [0.1, 0.15) is 0 Å². The summed E-state index contributed by atoms with van der Waals surface area (Å²) in [5.74, 6) is 1.08. The molecule has 0 radical (unpaired) electrons. The van der Waals surface area contributed by atoms with E-state index < -0.39 is 0 Å². The standard InChI is InChI=1S/C11H19N3S/c1-3-14(4-2)7-8-15-11-5-6-13-9-10(11)12/h5-6,9H,3-4,7-8,12H2,1-2H3. The van der Waals surface area contributed by atoms with E-state index in [-0.39, 0.29) is 0 Å². The van der Waals surface area contributed by atoms with Crippen LogP contribution in [0.5, 0.6) is 0 Å². The fraction of sp³-hybridized carbons (Fsp3) is 0.545. The molecule has 0 aliphatic rings. The second-order valence-electron chi connectivity index (χ2n) is 3.29. The maximum Gasteiger partial charge on any atom is 0.0638 e. The van der Waals surface area contributed by atoms with Crippen molar-refractivity contribution in [2.75, 3.05) is 31.1 Å². The minimum Gasteiger partial charge on any atom is -0.397 e. The molecule has 0 atom stereocenters. The minimum atomic E-state index is 0.780. The Morgan fingerprint density at radius 2 is 2.13 bits per heavy atom. The van der Waals surface area contributed by atoms with Crippen LogP contribution in [0, 0.1) is 0 Å². The Morgan fingerprint density at radius 3 is 2.73 bits per heavy atom. The van der Waals surface area contributed by atoms with Gasteiger partial charge in [0.15, 0.2) is 0 Å². The average molecular weight is 225 g/mol. The second-order valence-corrected chi connectivity index (χ2v) is 4.43. The van der Waals surface area contributed by atoms with Crippen molar-refractivity contribution in [3.8, 4) is 0 Å². The summed E-state index contributed by atoms with van der Waals surface area (Å²) in [4.78, 5) is 7.52. The van der Waals surface area contributed by atoms with E-state index in [1.807, 2.05) is 6.07 Å². The molecule has 0 saturated carbocycles. The number of nitrogen functional groups attached to an aromatic ring is 1. The molecule has 0 bridgehead atoms. The van der Waals surface area contributed by atoms with Crippen molar-refractivity contribution in [3.63, 3.8) is 0 Å². The van der Waals surface area contributed by atoms with Gasteiger partial charge in [-0.1, -0.05) is 13.8 Å². The van der Waals surface area contributed by atoms with E-state index in [4.69, 9.17) is 5.73 Å². The lowest BCUT2D eigenvalue weighted by Gasteiger charge is -2.17. The van der Waals surface area contributed by atoms with Gasteiger partial charge in [-0.25, -0.2) is 0 Å². The van der Waals surface area contributed by atoms with Gasteiger partial charge in [-0.15, -0.1) is 11.8 Å². The summed E-state index contributed by atoms with van der Waals surface area (Å²) < 4.78 is 0. The number of anilines is 1. The number of aromatic nitrogens is 1. The molecule has 15 heavy (non-hydrogen) atoms. The zero-order valence-electron chi connectivity index (χ0n) is 9.44. The van der Waals surface area contributed by atoms with E-state index in [1.54, 1.807) is 24.2 Å². The molecule has 1 rings (SSSR count). The van der Waals surface area contributed by atoms with Gasteiger partial charge < -0.3 is 10.6 Å². The van der Waals surface area contributed by atoms with Crippen molar-refractivity contribution < 1.29 is 0 Å². The third-order valence-corrected chi connectivity index (χ3v) is 3.44. The molecular formula is C11H19N3S. The first kappa shape index (κ1) is 12.3. The highest BCUT2D eigenvalue weighted by molar-refractivity contribution is 7.99. The highest BCUT2D eigenvalue weighted by Crippen LogP contribution is 2.23. The van der Waals surface area contributed by atoms with Gasteiger partial charge in [0.05, 0.1) is 11.9 Å². The largest absolute Gasteiger partial charge is 0.397 e. The van der Waals surface area contributed by atoms with E-state index in [2.05, 4.69) is 23.7 Å². The maximum atomic E-state index is 5.81. The molecule has 1 aromatic rings. The Bertz CT molecular complexity index is 287. The molecule has 0 amide bonds. The number of nitrogens with zero attached hydrogens (tertiary/aromatic N) is 2. The van der Waals surface area contributed by atoms with Crippen molar-refractivity contribution >= 4 is 17.4 Å². The molecule has 3 nitrogen and oxygen atoms in total. The molecule has 4 heteroatoms. The topological polar surface area (TPSA) is 42.2 Å². The summed E-state index contributed by atoms with van der Waals surface area (Å²) in [6, 6.07) is 1.97. The van der Waals surface area contributed by atoms with E-state index in [0.717, 1.165) is 36.0 Å². The van der Waals surface area contributed by atoms with Gasteiger partial charge >= 0.3 is 0 Å². The summed E-state index contributed by atoms with van der Waals surface area (Å²) in [5, 5.41) is 0. The predicted octanol–water partition coefficient (Wildman–Crippen LogP) is 2.10. The van der Waals surface area contributed by atoms with Gasteiger partial charge in [0, 0.05) is 23.4 Å². The van der Waals surface area contributed by atoms with E-state index in [9.17, 15) is 0 Å². The van der Waals surface area contributed by atoms with Crippen LogP contribution in [0.25, 0.3) is 0 Å². The first-order chi connectivity index (χ1) is 7.27. The highest BCUT2D eigenvalue weighted by atomic mass is 32.2. The van der Waals surface area contributed by atoms with Crippen LogP contribution in [0.1, 0.15) is 13.8 Å². The van der Waals surface area contributed by atoms with Gasteiger partial charge in [-0.2, -0.15) is 0 Å². The van der Waals surface area contributed by atoms with Crippen LogP contribution in [0.3, 0.4) is 0 Å². The van der Waals surface area contributed by atoms with Crippen molar-refractivity contribution in [1.82, 2.24) is 9.88 Å². The molecule has 84 valence electrons. The van der Waals surface area contributed by atoms with Crippen LogP contribution in [0.15, 0.2) is 23.4 Å². The Hall–Kier alpha value is -0.740. The van der Waals surface area contributed by atoms with Crippen LogP contribution in [0.4, 0.5) is 5.69 Å². The van der Waals surface area contributed by atoms with Crippen LogP contribution in [-0.4, -0.2) is 35.3 Å². The Labute approximate surface area is 96.1 Å². The van der Waals surface area contributed by atoms with E-state index in [1.165, 1.54) is 0 Å². The zero-order valence-corrected chi connectivity index (χ0v) is 10.3. The Balaban J connectivity index is 2.34. The van der Waals surface area contributed by atoms with Crippen molar-refractivity contribution in [3.05, 3.63) is 18.5 Å². The number of hydrogen-bond acceptors (Lipinski definition) is 4. The van der Waals surface area contributed by atoms with Crippen LogP contribution < -0.4 is 5.73 Å². The molecule has 2 N–H and O–H groups in total. The van der Waals surface area contributed by atoms with Gasteiger partial charge in [-0.3, -0.25) is 4.98 Å². The molecule has 0 spiro atoms. The molecular weight excluding hydrogens is 206 g/mol. The third-order valence-electron chi connectivity index (χ3n) is 2.37. The van der Waals surface area contributed by atoms with Crippen LogP contribution in [-0.2, 0) is 0 Å². The summed E-state index contributed by atoms with van der Waals surface area (Å²) in [6.07, 6.45) is 3.50. The predicted molar refractivity (Wildman–Crippen MR) is 67.2 cm³/mol. The monoisotopic (exact) mass is 225 g/mol. The van der Waals surface area contributed by atoms with Gasteiger partial charge in [0.25, 0.3) is 0 Å². The van der Waals surface area contributed by atoms with Crippen molar-refractivity contribution in [2.45, 2.75) is 18.7 Å². The lowest BCUT2D eigenvalue weighted by Crippen LogP contribution is -2.25. The lowest BCUT2D eigenvalue weighted by atomic mass is 10.4. The smallest absolute Gasteiger partial charge is 0.0638 e. The van der Waals surface area contributed by atoms with Gasteiger partial charge in [-0.05, 0) is 19.2 Å². The van der Waals surface area contributed by atoms with Crippen LogP contribution >= 0.6 is 11.8 Å². The number of pyridine rings is 1. The lowest BCUT2D eigenvalue weighted by molar-refractivity contribution is 0.324. The molecule has 1 aromatic heterocycles. The van der Waals surface area contributed by atoms with E-state index in [0.29, 0.717) is 0 Å². The minimum absolute atomic E-state index is 0.780. The Kier molecular flexibility index (Phi) is 5.50. The zero-order chi connectivity index (χ0) is 11.1. The fourth-order valence-corrected chi connectivity index (χ4v) is 2.30. The molecule has 0 saturated heterocycles. The molecule has 1 heterocycles. The first-order valence-corrected chi connectivity index (χ1v) is 6.31. The number of nitrogens with two attached hydrogens (primary N) is 1. The van der Waals surface area contributed by atoms with E-state index >= 15 is 0 Å². The Morgan fingerprint density at radius 1 is 1.40 bits per heavy atom. The number of rotatable bonds is 6. The number of hydrogen-bond donors (Lipinski definition) is 1. The third kappa shape index (κ3) is 4.10. The second kappa shape index (κ2) is 6.69. The molecule has 0 fully saturated rings. The van der Waals surface area contributed by atoms with Crippen molar-refractivity contribution in [2.24, 2.45) is 0 Å². The average Bonchev–Trinajstić information content (AvgIpc) is 2.27. The fourth-order valence-electron chi connectivity index (χ4n) is 1.35. The summed E-state index contributed by atoms with van der Waals surface area (Å²) in [7, 11) is 0. The molecule has 0 aliphatic heterocycles. The van der Waals surface area contributed by atoms with Gasteiger partial charge in [0.2, 0.25) is 0 Å².